The lowest BCUT2D eigenvalue weighted by molar-refractivity contribution is -0.102. The van der Waals surface area contributed by atoms with Gasteiger partial charge in [-0.3, -0.25) is 9.36 Å². The Balaban J connectivity index is 1.41. The zero-order chi connectivity index (χ0) is 19.9. The lowest BCUT2D eigenvalue weighted by atomic mass is 9.37. The number of rotatable bonds is 3. The summed E-state index contributed by atoms with van der Waals surface area (Å²) >= 11 is 0. The minimum Gasteiger partial charge on any atom is -0.397 e. The summed E-state index contributed by atoms with van der Waals surface area (Å²) in [4.78, 5) is 17.5. The number of nitrogens with two attached hydrogens (primary N) is 1. The van der Waals surface area contributed by atoms with Crippen LogP contribution in [0.1, 0.15) is 56.1 Å². The highest BCUT2D eigenvalue weighted by molar-refractivity contribution is 6.00. The molecule has 0 aliphatic heterocycles. The van der Waals surface area contributed by atoms with Crippen LogP contribution in [0, 0.1) is 0 Å². The molecule has 0 spiro atoms. The van der Waals surface area contributed by atoms with E-state index in [0.717, 1.165) is 24.6 Å². The Morgan fingerprint density at radius 3 is 2.64 bits per heavy atom. The number of pyridine rings is 1. The van der Waals surface area contributed by atoms with Gasteiger partial charge >= 0.3 is 0 Å². The van der Waals surface area contributed by atoms with Crippen molar-refractivity contribution in [3.63, 3.8) is 0 Å². The smallest absolute Gasteiger partial charge is 0.280 e. The standard InChI is InChI=1S/C22H27N5O/c1-20(2,3)25-22-11-21(12-22,13-22)15-8-17(26(4)10-15)19(28)27-6-5-14-7-16(23)9-24-18(14)27/h5-10,25H,11-13,23H2,1-4H3. The highest BCUT2D eigenvalue weighted by Crippen LogP contribution is 2.68. The van der Waals surface area contributed by atoms with Gasteiger partial charge in [0.25, 0.3) is 5.91 Å². The fourth-order valence-electron chi connectivity index (χ4n) is 5.42. The van der Waals surface area contributed by atoms with E-state index in [4.69, 9.17) is 5.73 Å². The van der Waals surface area contributed by atoms with Crippen molar-refractivity contribution in [2.24, 2.45) is 7.05 Å². The fourth-order valence-corrected chi connectivity index (χ4v) is 5.42. The largest absolute Gasteiger partial charge is 0.397 e. The predicted molar refractivity (Wildman–Crippen MR) is 110 cm³/mol. The molecule has 146 valence electrons. The van der Waals surface area contributed by atoms with E-state index >= 15 is 0 Å². The van der Waals surface area contributed by atoms with Crippen LogP contribution in [0.15, 0.2) is 36.8 Å². The van der Waals surface area contributed by atoms with Crippen molar-refractivity contribution in [1.29, 1.82) is 0 Å². The molecular formula is C22H27N5O. The first kappa shape index (κ1) is 17.5. The molecule has 2 bridgehead atoms. The van der Waals surface area contributed by atoms with Gasteiger partial charge in [-0.1, -0.05) is 0 Å². The van der Waals surface area contributed by atoms with Crippen LogP contribution in [0.2, 0.25) is 0 Å². The van der Waals surface area contributed by atoms with E-state index in [1.807, 2.05) is 23.7 Å². The molecule has 3 aromatic heterocycles. The number of hydrogen-bond donors (Lipinski definition) is 2. The van der Waals surface area contributed by atoms with Crippen molar-refractivity contribution >= 4 is 22.6 Å². The fraction of sp³-hybridized carbons (Fsp3) is 0.455. The highest BCUT2D eigenvalue weighted by Gasteiger charge is 2.69. The number of fused-ring (bicyclic) bond motifs is 1. The molecule has 6 rings (SSSR count). The first-order valence-corrected chi connectivity index (χ1v) is 9.83. The van der Waals surface area contributed by atoms with E-state index < -0.39 is 0 Å². The third-order valence-corrected chi connectivity index (χ3v) is 6.27. The van der Waals surface area contributed by atoms with Crippen LogP contribution in [0.5, 0.6) is 0 Å². The van der Waals surface area contributed by atoms with Crippen molar-refractivity contribution in [2.75, 3.05) is 5.73 Å². The summed E-state index contributed by atoms with van der Waals surface area (Å²) in [6, 6.07) is 5.79. The van der Waals surface area contributed by atoms with Crippen LogP contribution in [0.4, 0.5) is 5.69 Å². The summed E-state index contributed by atoms with van der Waals surface area (Å²) in [6.45, 7) is 6.67. The molecular weight excluding hydrogens is 350 g/mol. The zero-order valence-electron chi connectivity index (χ0n) is 16.9. The molecule has 3 aromatic rings. The first-order chi connectivity index (χ1) is 13.1. The Morgan fingerprint density at radius 2 is 1.96 bits per heavy atom. The number of hydrogen-bond acceptors (Lipinski definition) is 4. The quantitative estimate of drug-likeness (QED) is 0.735. The molecule has 6 nitrogen and oxygen atoms in total. The average Bonchev–Trinajstić information content (AvgIpc) is 3.11. The number of nitrogens with zero attached hydrogens (tertiary/aromatic N) is 3. The van der Waals surface area contributed by atoms with Gasteiger partial charge in [0.05, 0.1) is 11.9 Å². The van der Waals surface area contributed by atoms with Crippen LogP contribution in [-0.4, -0.2) is 31.1 Å². The van der Waals surface area contributed by atoms with Crippen LogP contribution in [0.3, 0.4) is 0 Å². The van der Waals surface area contributed by atoms with Gasteiger partial charge in [-0.25, -0.2) is 4.98 Å². The third-order valence-electron chi connectivity index (χ3n) is 6.27. The monoisotopic (exact) mass is 377 g/mol. The van der Waals surface area contributed by atoms with Crippen molar-refractivity contribution in [3.05, 3.63) is 48.0 Å². The molecule has 3 heterocycles. The molecule has 0 unspecified atom stereocenters. The van der Waals surface area contributed by atoms with E-state index in [-0.39, 0.29) is 16.9 Å². The van der Waals surface area contributed by atoms with E-state index in [2.05, 4.69) is 43.3 Å². The van der Waals surface area contributed by atoms with Crippen LogP contribution in [-0.2, 0) is 12.5 Å². The number of aromatic nitrogens is 3. The second kappa shape index (κ2) is 5.26. The van der Waals surface area contributed by atoms with Gasteiger partial charge in [0.1, 0.15) is 11.3 Å². The Morgan fingerprint density at radius 1 is 1.25 bits per heavy atom. The van der Waals surface area contributed by atoms with Gasteiger partial charge in [0.2, 0.25) is 0 Å². The van der Waals surface area contributed by atoms with E-state index in [9.17, 15) is 4.79 Å². The van der Waals surface area contributed by atoms with E-state index in [1.54, 1.807) is 17.0 Å². The maximum absolute atomic E-state index is 13.2. The summed E-state index contributed by atoms with van der Waals surface area (Å²) in [5.41, 5.74) is 9.67. The molecule has 0 atom stereocenters. The van der Waals surface area contributed by atoms with Gasteiger partial charge in [-0.15, -0.1) is 0 Å². The molecule has 3 fully saturated rings. The van der Waals surface area contributed by atoms with Gasteiger partial charge in [-0.05, 0) is 63.8 Å². The molecule has 3 saturated carbocycles. The number of nitrogen functional groups attached to an aromatic ring is 1. The minimum atomic E-state index is -0.0600. The summed E-state index contributed by atoms with van der Waals surface area (Å²) < 4.78 is 3.56. The van der Waals surface area contributed by atoms with Crippen molar-refractivity contribution in [3.8, 4) is 0 Å². The van der Waals surface area contributed by atoms with Gasteiger partial charge < -0.3 is 15.6 Å². The topological polar surface area (TPSA) is 77.9 Å². The summed E-state index contributed by atoms with van der Waals surface area (Å²) in [5.74, 6) is -0.0600. The van der Waals surface area contributed by atoms with E-state index in [1.165, 1.54) is 5.56 Å². The van der Waals surface area contributed by atoms with Crippen molar-refractivity contribution < 1.29 is 4.79 Å². The summed E-state index contributed by atoms with van der Waals surface area (Å²) in [7, 11) is 1.95. The average molecular weight is 377 g/mol. The van der Waals surface area contributed by atoms with Gasteiger partial charge in [0.15, 0.2) is 0 Å². The number of carbonyl (C=O) groups excluding carboxylic acids is 1. The molecule has 0 radical (unpaired) electrons. The predicted octanol–water partition coefficient (Wildman–Crippen LogP) is 3.21. The summed E-state index contributed by atoms with van der Waals surface area (Å²) in [6.07, 6.45) is 8.96. The molecule has 0 saturated heterocycles. The third kappa shape index (κ3) is 2.44. The molecule has 3 aliphatic carbocycles. The Labute approximate surface area is 164 Å². The molecule has 0 aromatic carbocycles. The minimum absolute atomic E-state index is 0.0600. The van der Waals surface area contributed by atoms with Crippen LogP contribution >= 0.6 is 0 Å². The molecule has 0 amide bonds. The second-order valence-corrected chi connectivity index (χ2v) is 9.86. The maximum Gasteiger partial charge on any atom is 0.280 e. The normalized spacial score (nSPS) is 26.1. The van der Waals surface area contributed by atoms with Gasteiger partial charge in [-0.2, -0.15) is 0 Å². The zero-order valence-corrected chi connectivity index (χ0v) is 16.9. The molecule has 3 aliphatic rings. The van der Waals surface area contributed by atoms with E-state index in [0.29, 0.717) is 22.6 Å². The number of anilines is 1. The molecule has 28 heavy (non-hydrogen) atoms. The first-order valence-electron chi connectivity index (χ1n) is 9.83. The Kier molecular flexibility index (Phi) is 3.29. The Hall–Kier alpha value is -2.60. The Bertz CT molecular complexity index is 1090. The highest BCUT2D eigenvalue weighted by atomic mass is 16.2. The van der Waals surface area contributed by atoms with Crippen LogP contribution in [0.25, 0.3) is 11.0 Å². The lowest BCUT2D eigenvalue weighted by Crippen LogP contribution is -2.78. The van der Waals surface area contributed by atoms with Gasteiger partial charge in [0, 0.05) is 41.3 Å². The summed E-state index contributed by atoms with van der Waals surface area (Å²) in [5, 5.41) is 4.66. The second-order valence-electron chi connectivity index (χ2n) is 9.86. The van der Waals surface area contributed by atoms with Crippen LogP contribution < -0.4 is 11.1 Å². The number of nitrogens with one attached hydrogen (secondary N) is 1. The van der Waals surface area contributed by atoms with Crippen molar-refractivity contribution in [1.82, 2.24) is 19.4 Å². The van der Waals surface area contributed by atoms with Crippen molar-refractivity contribution in [2.45, 2.75) is 56.5 Å². The molecule has 6 heteroatoms. The molecule has 3 N–H and O–H groups in total. The number of carbonyl (C=O) groups is 1. The lowest BCUT2D eigenvalue weighted by Gasteiger charge is -2.72. The number of aryl methyl sites for hydroxylation is 1. The maximum atomic E-state index is 13.2. The SMILES string of the molecule is Cn1cc(C23CC(NC(C)(C)C)(C2)C3)cc1C(=O)n1ccc2cc(N)cnc21.